The lowest BCUT2D eigenvalue weighted by Crippen LogP contribution is -2.41. The summed E-state index contributed by atoms with van der Waals surface area (Å²) in [5.41, 5.74) is 4.15. The molecule has 2 aromatic heterocycles. The van der Waals surface area contributed by atoms with Gasteiger partial charge in [0.1, 0.15) is 5.76 Å². The molecule has 3 rings (SSSR count). The van der Waals surface area contributed by atoms with E-state index in [-0.39, 0.29) is 29.1 Å². The van der Waals surface area contributed by atoms with E-state index in [4.69, 9.17) is 4.42 Å². The fraction of sp³-hybridized carbons (Fsp3) is 0.0556. The monoisotopic (exact) mass is 382 g/mol. The maximum atomic E-state index is 12.1. The van der Waals surface area contributed by atoms with Gasteiger partial charge in [-0.1, -0.05) is 6.07 Å². The average Bonchev–Trinajstić information content (AvgIpc) is 3.16. The fourth-order valence-electron chi connectivity index (χ4n) is 2.33. The molecular formula is C18H14N4O6. The SMILES string of the molecule is O=C(NNC(=O)c1ccc(Cn2ccccc2=O)o1)c1ccc([N+](=O)[O-])cc1. The van der Waals surface area contributed by atoms with E-state index in [1.807, 2.05) is 0 Å². The summed E-state index contributed by atoms with van der Waals surface area (Å²) in [5, 5.41) is 10.6. The van der Waals surface area contributed by atoms with Crippen molar-refractivity contribution in [3.05, 3.63) is 98.3 Å². The fourth-order valence-corrected chi connectivity index (χ4v) is 2.33. The summed E-state index contributed by atoms with van der Waals surface area (Å²) in [5.74, 6) is -1.00. The summed E-state index contributed by atoms with van der Waals surface area (Å²) in [7, 11) is 0. The van der Waals surface area contributed by atoms with Crippen molar-refractivity contribution in [3.8, 4) is 0 Å². The first-order valence-corrected chi connectivity index (χ1v) is 8.03. The Bertz CT molecular complexity index is 1080. The molecule has 28 heavy (non-hydrogen) atoms. The molecular weight excluding hydrogens is 368 g/mol. The molecule has 0 fully saturated rings. The maximum absolute atomic E-state index is 12.1. The Morgan fingerprint density at radius 3 is 2.39 bits per heavy atom. The van der Waals surface area contributed by atoms with Crippen LogP contribution in [0.4, 0.5) is 5.69 Å². The molecule has 0 aliphatic carbocycles. The van der Waals surface area contributed by atoms with Crippen LogP contribution in [-0.2, 0) is 6.54 Å². The van der Waals surface area contributed by atoms with Gasteiger partial charge >= 0.3 is 5.91 Å². The molecule has 0 atom stereocenters. The van der Waals surface area contributed by atoms with Crippen LogP contribution in [0.3, 0.4) is 0 Å². The smallest absolute Gasteiger partial charge is 0.305 e. The third kappa shape index (κ3) is 4.30. The minimum Gasteiger partial charge on any atom is -0.454 e. The Balaban J connectivity index is 1.58. The number of carbonyl (C=O) groups is 2. The van der Waals surface area contributed by atoms with Crippen molar-refractivity contribution in [1.29, 1.82) is 0 Å². The molecule has 2 heterocycles. The number of rotatable bonds is 5. The topological polar surface area (TPSA) is 136 Å². The number of hydrogen-bond acceptors (Lipinski definition) is 6. The van der Waals surface area contributed by atoms with Crippen LogP contribution < -0.4 is 16.4 Å². The highest BCUT2D eigenvalue weighted by Crippen LogP contribution is 2.12. The van der Waals surface area contributed by atoms with E-state index >= 15 is 0 Å². The van der Waals surface area contributed by atoms with Gasteiger partial charge in [-0.15, -0.1) is 0 Å². The molecule has 3 aromatic rings. The highest BCUT2D eigenvalue weighted by molar-refractivity contribution is 5.98. The third-order valence-corrected chi connectivity index (χ3v) is 3.74. The van der Waals surface area contributed by atoms with Gasteiger partial charge in [-0.2, -0.15) is 0 Å². The number of aromatic nitrogens is 1. The van der Waals surface area contributed by atoms with Gasteiger partial charge < -0.3 is 8.98 Å². The summed E-state index contributed by atoms with van der Waals surface area (Å²) in [6.07, 6.45) is 1.59. The Kier molecular flexibility index (Phi) is 5.30. The Hall–Kier alpha value is -4.21. The van der Waals surface area contributed by atoms with E-state index in [0.717, 1.165) is 0 Å². The van der Waals surface area contributed by atoms with E-state index < -0.39 is 16.7 Å². The molecule has 0 radical (unpaired) electrons. The summed E-state index contributed by atoms with van der Waals surface area (Å²) >= 11 is 0. The highest BCUT2D eigenvalue weighted by atomic mass is 16.6. The van der Waals surface area contributed by atoms with Gasteiger partial charge in [-0.3, -0.25) is 35.3 Å². The van der Waals surface area contributed by atoms with Gasteiger partial charge in [0.15, 0.2) is 5.76 Å². The second kappa shape index (κ2) is 7.99. The first-order chi connectivity index (χ1) is 13.4. The van der Waals surface area contributed by atoms with Crippen LogP contribution in [-0.4, -0.2) is 21.3 Å². The predicted octanol–water partition coefficient (Wildman–Crippen LogP) is 1.47. The number of hydrogen-bond donors (Lipinski definition) is 2. The first-order valence-electron chi connectivity index (χ1n) is 8.03. The van der Waals surface area contributed by atoms with Crippen molar-refractivity contribution in [3.63, 3.8) is 0 Å². The molecule has 2 N–H and O–H groups in total. The Morgan fingerprint density at radius 1 is 1.00 bits per heavy atom. The standard InChI is InChI=1S/C18H14N4O6/c23-16-3-1-2-10-21(16)11-14-8-9-15(28-14)18(25)20-19-17(24)12-4-6-13(7-5-12)22(26)27/h1-10H,11H2,(H,19,24)(H,20,25). The largest absolute Gasteiger partial charge is 0.454 e. The number of nitrogens with zero attached hydrogens (tertiary/aromatic N) is 2. The Morgan fingerprint density at radius 2 is 1.71 bits per heavy atom. The normalized spacial score (nSPS) is 10.3. The van der Waals surface area contributed by atoms with E-state index in [9.17, 15) is 24.5 Å². The molecule has 0 unspecified atom stereocenters. The van der Waals surface area contributed by atoms with Gasteiger partial charge in [0.25, 0.3) is 17.2 Å². The van der Waals surface area contributed by atoms with E-state index in [2.05, 4.69) is 10.9 Å². The number of benzene rings is 1. The minimum absolute atomic E-state index is 0.0528. The number of amides is 2. The lowest BCUT2D eigenvalue weighted by Gasteiger charge is -2.06. The second-order valence-corrected chi connectivity index (χ2v) is 5.64. The molecule has 10 nitrogen and oxygen atoms in total. The van der Waals surface area contributed by atoms with Crippen LogP contribution >= 0.6 is 0 Å². The van der Waals surface area contributed by atoms with E-state index in [1.165, 1.54) is 41.0 Å². The van der Waals surface area contributed by atoms with Crippen molar-refractivity contribution in [2.45, 2.75) is 6.54 Å². The highest BCUT2D eigenvalue weighted by Gasteiger charge is 2.14. The van der Waals surface area contributed by atoms with Gasteiger partial charge in [0.05, 0.1) is 11.5 Å². The van der Waals surface area contributed by atoms with Crippen LogP contribution in [0.5, 0.6) is 0 Å². The van der Waals surface area contributed by atoms with Crippen molar-refractivity contribution in [2.75, 3.05) is 0 Å². The zero-order valence-corrected chi connectivity index (χ0v) is 14.3. The van der Waals surface area contributed by atoms with Crippen LogP contribution in [0.15, 0.2) is 70.0 Å². The number of non-ortho nitro benzene ring substituents is 1. The van der Waals surface area contributed by atoms with Crippen molar-refractivity contribution < 1.29 is 18.9 Å². The Labute approximate surface area is 157 Å². The van der Waals surface area contributed by atoms with Gasteiger partial charge in [0, 0.05) is 30.0 Å². The molecule has 1 aromatic carbocycles. The quantitative estimate of drug-likeness (QED) is 0.506. The lowest BCUT2D eigenvalue weighted by atomic mass is 10.2. The van der Waals surface area contributed by atoms with Crippen LogP contribution in [0, 0.1) is 10.1 Å². The zero-order valence-electron chi connectivity index (χ0n) is 14.3. The number of nitro groups is 1. The van der Waals surface area contributed by atoms with Crippen LogP contribution in [0.25, 0.3) is 0 Å². The van der Waals surface area contributed by atoms with Crippen LogP contribution in [0.2, 0.25) is 0 Å². The van der Waals surface area contributed by atoms with E-state index in [1.54, 1.807) is 24.4 Å². The van der Waals surface area contributed by atoms with Crippen molar-refractivity contribution in [1.82, 2.24) is 15.4 Å². The van der Waals surface area contributed by atoms with Crippen molar-refractivity contribution in [2.24, 2.45) is 0 Å². The molecule has 0 spiro atoms. The molecule has 0 aliphatic heterocycles. The summed E-state index contributed by atoms with van der Waals surface area (Å²) < 4.78 is 6.80. The number of carbonyl (C=O) groups excluding carboxylic acids is 2. The second-order valence-electron chi connectivity index (χ2n) is 5.64. The maximum Gasteiger partial charge on any atom is 0.305 e. The number of furan rings is 1. The van der Waals surface area contributed by atoms with Gasteiger partial charge in [-0.25, -0.2) is 0 Å². The first kappa shape index (κ1) is 18.6. The molecule has 0 saturated heterocycles. The number of pyridine rings is 1. The van der Waals surface area contributed by atoms with Crippen LogP contribution in [0.1, 0.15) is 26.7 Å². The van der Waals surface area contributed by atoms with Crippen molar-refractivity contribution >= 4 is 17.5 Å². The average molecular weight is 382 g/mol. The lowest BCUT2D eigenvalue weighted by molar-refractivity contribution is -0.384. The van der Waals surface area contributed by atoms with Gasteiger partial charge in [-0.05, 0) is 30.3 Å². The molecule has 0 saturated carbocycles. The number of hydrazine groups is 1. The molecule has 2 amide bonds. The molecule has 0 bridgehead atoms. The van der Waals surface area contributed by atoms with E-state index in [0.29, 0.717) is 5.76 Å². The number of nitro benzene ring substituents is 1. The summed E-state index contributed by atoms with van der Waals surface area (Å²) in [6.45, 7) is 0.155. The number of nitrogens with one attached hydrogen (secondary N) is 2. The zero-order chi connectivity index (χ0) is 20.1. The minimum atomic E-state index is -0.693. The van der Waals surface area contributed by atoms with Gasteiger partial charge in [0.2, 0.25) is 0 Å². The molecule has 142 valence electrons. The molecule has 0 aliphatic rings. The predicted molar refractivity (Wildman–Crippen MR) is 96.5 cm³/mol. The summed E-state index contributed by atoms with van der Waals surface area (Å²) in [6, 6.07) is 12.6. The summed E-state index contributed by atoms with van der Waals surface area (Å²) in [4.78, 5) is 45.8. The molecule has 10 heteroatoms. The third-order valence-electron chi connectivity index (χ3n) is 3.74.